The van der Waals surface area contributed by atoms with E-state index in [1.807, 2.05) is 0 Å². The standard InChI is InChI=1S/C11H17N3O2S/c1-8(15)13-9-6-5-7-10(14-9)17(12,16)11(2,3)4/h5-7,12H,1-4H3,(H,13,14,15). The molecule has 0 fully saturated rings. The lowest BCUT2D eigenvalue weighted by molar-refractivity contribution is -0.114. The molecule has 0 saturated carbocycles. The lowest BCUT2D eigenvalue weighted by Gasteiger charge is -2.21. The monoisotopic (exact) mass is 255 g/mol. The molecule has 0 aromatic carbocycles. The predicted molar refractivity (Wildman–Crippen MR) is 67.4 cm³/mol. The number of anilines is 1. The average molecular weight is 255 g/mol. The van der Waals surface area contributed by atoms with Crippen molar-refractivity contribution in [2.45, 2.75) is 37.5 Å². The van der Waals surface area contributed by atoms with E-state index in [-0.39, 0.29) is 10.9 Å². The molecule has 0 aliphatic rings. The summed E-state index contributed by atoms with van der Waals surface area (Å²) in [6, 6.07) is 4.78. The second-order valence-electron chi connectivity index (χ2n) is 4.71. The Morgan fingerprint density at radius 3 is 2.47 bits per heavy atom. The summed E-state index contributed by atoms with van der Waals surface area (Å²) in [6.45, 7) is 6.56. The van der Waals surface area contributed by atoms with Crippen LogP contribution in [0.1, 0.15) is 27.7 Å². The highest BCUT2D eigenvalue weighted by molar-refractivity contribution is 7.93. The Kier molecular flexibility index (Phi) is 3.56. The smallest absolute Gasteiger partial charge is 0.222 e. The van der Waals surface area contributed by atoms with Crippen molar-refractivity contribution in [3.8, 4) is 0 Å². The van der Waals surface area contributed by atoms with Crippen LogP contribution in [0.15, 0.2) is 23.2 Å². The number of nitrogens with one attached hydrogen (secondary N) is 2. The molecule has 1 aromatic heterocycles. The average Bonchev–Trinajstić information content (AvgIpc) is 2.15. The van der Waals surface area contributed by atoms with Gasteiger partial charge in [0, 0.05) is 6.92 Å². The maximum Gasteiger partial charge on any atom is 0.222 e. The van der Waals surface area contributed by atoms with Crippen molar-refractivity contribution in [1.29, 1.82) is 4.78 Å². The summed E-state index contributed by atoms with van der Waals surface area (Å²) in [7, 11) is -3.00. The largest absolute Gasteiger partial charge is 0.311 e. The molecule has 1 atom stereocenters. The fourth-order valence-electron chi connectivity index (χ4n) is 1.14. The first-order valence-electron chi connectivity index (χ1n) is 5.17. The second-order valence-corrected chi connectivity index (χ2v) is 7.47. The molecule has 0 aliphatic heterocycles. The molecule has 0 radical (unpaired) electrons. The Morgan fingerprint density at radius 2 is 2.00 bits per heavy atom. The molecule has 0 saturated heterocycles. The quantitative estimate of drug-likeness (QED) is 0.850. The van der Waals surface area contributed by atoms with E-state index < -0.39 is 14.5 Å². The molecule has 0 bridgehead atoms. The maximum absolute atomic E-state index is 12.3. The normalized spacial score (nSPS) is 15.1. The van der Waals surface area contributed by atoms with Crippen molar-refractivity contribution >= 4 is 21.5 Å². The summed E-state index contributed by atoms with van der Waals surface area (Å²) in [5.41, 5.74) is 0. The summed E-state index contributed by atoms with van der Waals surface area (Å²) in [5.74, 6) is 0.0705. The first-order chi connectivity index (χ1) is 7.64. The van der Waals surface area contributed by atoms with Gasteiger partial charge in [-0.15, -0.1) is 0 Å². The molecule has 0 aliphatic carbocycles. The summed E-state index contributed by atoms with van der Waals surface area (Å²) >= 11 is 0. The molecule has 6 heteroatoms. The minimum atomic E-state index is -3.00. The molecule has 1 amide bonds. The van der Waals surface area contributed by atoms with Crippen molar-refractivity contribution in [2.24, 2.45) is 0 Å². The number of aromatic nitrogens is 1. The third-order valence-electron chi connectivity index (χ3n) is 2.18. The van der Waals surface area contributed by atoms with Gasteiger partial charge in [-0.1, -0.05) is 6.07 Å². The molecule has 1 unspecified atom stereocenters. The summed E-state index contributed by atoms with van der Waals surface area (Å²) < 4.78 is 19.6. The minimum absolute atomic E-state index is 0.191. The highest BCUT2D eigenvalue weighted by atomic mass is 32.2. The number of hydrogen-bond donors (Lipinski definition) is 2. The number of pyridine rings is 1. The first-order valence-corrected chi connectivity index (χ1v) is 6.73. The van der Waals surface area contributed by atoms with E-state index >= 15 is 0 Å². The van der Waals surface area contributed by atoms with Crippen molar-refractivity contribution in [1.82, 2.24) is 4.98 Å². The van der Waals surface area contributed by atoms with Gasteiger partial charge in [-0.2, -0.15) is 0 Å². The molecule has 5 nitrogen and oxygen atoms in total. The maximum atomic E-state index is 12.3. The number of hydrogen-bond acceptors (Lipinski definition) is 4. The number of rotatable bonds is 2. The molecule has 0 spiro atoms. The van der Waals surface area contributed by atoms with Crippen LogP contribution in [0, 0.1) is 4.78 Å². The second kappa shape index (κ2) is 4.44. The van der Waals surface area contributed by atoms with Crippen molar-refractivity contribution < 1.29 is 9.00 Å². The fourth-order valence-corrected chi connectivity index (χ4v) is 2.26. The van der Waals surface area contributed by atoms with E-state index in [2.05, 4.69) is 10.3 Å². The van der Waals surface area contributed by atoms with Crippen LogP contribution >= 0.6 is 0 Å². The van der Waals surface area contributed by atoms with Gasteiger partial charge in [0.1, 0.15) is 10.8 Å². The number of amides is 1. The van der Waals surface area contributed by atoms with Crippen LogP contribution < -0.4 is 5.32 Å². The zero-order chi connectivity index (χ0) is 13.3. The van der Waals surface area contributed by atoms with Crippen LogP contribution in [-0.4, -0.2) is 19.8 Å². The van der Waals surface area contributed by atoms with Crippen molar-refractivity contribution in [3.63, 3.8) is 0 Å². The summed E-state index contributed by atoms with van der Waals surface area (Å²) in [5, 5.41) is 2.70. The Morgan fingerprint density at radius 1 is 1.41 bits per heavy atom. The SMILES string of the molecule is CC(=O)Nc1cccc(S(=N)(=O)C(C)(C)C)n1. The van der Waals surface area contributed by atoms with Gasteiger partial charge in [0.2, 0.25) is 5.91 Å². The molecule has 1 rings (SSSR count). The highest BCUT2D eigenvalue weighted by Crippen LogP contribution is 2.24. The fraction of sp³-hybridized carbons (Fsp3) is 0.455. The molecule has 2 N–H and O–H groups in total. The minimum Gasteiger partial charge on any atom is -0.311 e. The van der Waals surface area contributed by atoms with Crippen molar-refractivity contribution in [3.05, 3.63) is 18.2 Å². The first kappa shape index (κ1) is 13.6. The van der Waals surface area contributed by atoms with Crippen LogP contribution in [0.3, 0.4) is 0 Å². The number of carbonyl (C=O) groups is 1. The third-order valence-corrected chi connectivity index (χ3v) is 4.73. The van der Waals surface area contributed by atoms with Gasteiger partial charge in [-0.3, -0.25) is 4.79 Å². The molecule has 1 heterocycles. The molecular weight excluding hydrogens is 238 g/mol. The van der Waals surface area contributed by atoms with Gasteiger partial charge in [0.15, 0.2) is 0 Å². The van der Waals surface area contributed by atoms with Crippen LogP contribution in [-0.2, 0) is 14.5 Å². The topological polar surface area (TPSA) is 82.9 Å². The Labute approximate surface area is 102 Å². The van der Waals surface area contributed by atoms with Crippen molar-refractivity contribution in [2.75, 3.05) is 5.32 Å². The zero-order valence-corrected chi connectivity index (χ0v) is 11.2. The predicted octanol–water partition coefficient (Wildman–Crippen LogP) is 2.24. The molecular formula is C11H17N3O2S. The van der Waals surface area contributed by atoms with Gasteiger partial charge in [0.05, 0.1) is 14.5 Å². The van der Waals surface area contributed by atoms with Crippen LogP contribution in [0.25, 0.3) is 0 Å². The van der Waals surface area contributed by atoms with E-state index in [0.717, 1.165) is 0 Å². The van der Waals surface area contributed by atoms with Crippen LogP contribution in [0.5, 0.6) is 0 Å². The Balaban J connectivity index is 3.21. The van der Waals surface area contributed by atoms with E-state index in [1.165, 1.54) is 6.92 Å². The van der Waals surface area contributed by atoms with Gasteiger partial charge in [-0.05, 0) is 32.9 Å². The van der Waals surface area contributed by atoms with E-state index in [9.17, 15) is 9.00 Å². The molecule has 1 aromatic rings. The van der Waals surface area contributed by atoms with Gasteiger partial charge < -0.3 is 5.32 Å². The number of carbonyl (C=O) groups excluding carboxylic acids is 1. The molecule has 94 valence electrons. The van der Waals surface area contributed by atoms with E-state index in [1.54, 1.807) is 39.0 Å². The van der Waals surface area contributed by atoms with Gasteiger partial charge in [0.25, 0.3) is 0 Å². The van der Waals surface area contributed by atoms with E-state index in [4.69, 9.17) is 4.78 Å². The third kappa shape index (κ3) is 3.03. The zero-order valence-electron chi connectivity index (χ0n) is 10.4. The molecule has 17 heavy (non-hydrogen) atoms. The summed E-state index contributed by atoms with van der Waals surface area (Å²) in [4.78, 5) is 15.0. The lowest BCUT2D eigenvalue weighted by atomic mass is 10.3. The van der Waals surface area contributed by atoms with Crippen LogP contribution in [0.2, 0.25) is 0 Å². The van der Waals surface area contributed by atoms with E-state index in [0.29, 0.717) is 5.82 Å². The van der Waals surface area contributed by atoms with Gasteiger partial charge in [-0.25, -0.2) is 14.0 Å². The Hall–Kier alpha value is -1.43. The lowest BCUT2D eigenvalue weighted by Crippen LogP contribution is -2.27. The van der Waals surface area contributed by atoms with Crippen LogP contribution in [0.4, 0.5) is 5.82 Å². The Bertz CT molecular complexity index is 530. The van der Waals surface area contributed by atoms with Gasteiger partial charge >= 0.3 is 0 Å². The summed E-state index contributed by atoms with van der Waals surface area (Å²) in [6.07, 6.45) is 0. The highest BCUT2D eigenvalue weighted by Gasteiger charge is 2.28. The number of nitrogens with zero attached hydrogens (tertiary/aromatic N) is 1.